The van der Waals surface area contributed by atoms with E-state index in [1.54, 1.807) is 0 Å². The van der Waals surface area contributed by atoms with Crippen molar-refractivity contribution in [3.8, 4) is 0 Å². The smallest absolute Gasteiger partial charge is 0.266 e. The number of aromatic nitrogens is 2. The highest BCUT2D eigenvalue weighted by Gasteiger charge is 2.16. The van der Waals surface area contributed by atoms with E-state index >= 15 is 0 Å². The van der Waals surface area contributed by atoms with Gasteiger partial charge in [0.2, 0.25) is 0 Å². The summed E-state index contributed by atoms with van der Waals surface area (Å²) < 4.78 is 0.664. The first kappa shape index (κ1) is 12.5. The van der Waals surface area contributed by atoms with Crippen LogP contribution in [0.25, 0.3) is 0 Å². The first-order chi connectivity index (χ1) is 7.11. The van der Waals surface area contributed by atoms with Gasteiger partial charge in [0.25, 0.3) is 5.56 Å². The lowest BCUT2D eigenvalue weighted by atomic mass is 10.2. The van der Waals surface area contributed by atoms with Crippen molar-refractivity contribution in [2.45, 2.75) is 33.2 Å². The molecule has 0 aromatic carbocycles. The molecule has 0 amide bonds. The Balaban J connectivity index is 3.12. The summed E-state index contributed by atoms with van der Waals surface area (Å²) in [6, 6.07) is 0.401. The Morgan fingerprint density at radius 3 is 2.80 bits per heavy atom. The van der Waals surface area contributed by atoms with E-state index in [2.05, 4.69) is 35.6 Å². The molecule has 1 N–H and O–H groups in total. The number of nitrogens with zero attached hydrogens (tertiary/aromatic N) is 2. The molecule has 1 aromatic heterocycles. The van der Waals surface area contributed by atoms with Gasteiger partial charge in [-0.3, -0.25) is 4.79 Å². The van der Waals surface area contributed by atoms with Crippen LogP contribution in [0.4, 0.5) is 5.82 Å². The maximum Gasteiger partial charge on any atom is 0.266 e. The zero-order chi connectivity index (χ0) is 11.4. The predicted molar refractivity (Wildman–Crippen MR) is 70.3 cm³/mol. The number of aromatic amines is 1. The molecule has 0 aliphatic heterocycles. The largest absolute Gasteiger partial charge is 0.353 e. The van der Waals surface area contributed by atoms with Gasteiger partial charge in [-0.05, 0) is 42.9 Å². The molecule has 0 saturated heterocycles. The number of rotatable bonds is 4. The fourth-order valence-corrected chi connectivity index (χ4v) is 2.07. The van der Waals surface area contributed by atoms with Crippen molar-refractivity contribution in [1.29, 1.82) is 0 Å². The normalized spacial score (nSPS) is 12.5. The Labute approximate surface area is 103 Å². The first-order valence-electron chi connectivity index (χ1n) is 5.11. The molecule has 1 unspecified atom stereocenters. The summed E-state index contributed by atoms with van der Waals surface area (Å²) in [5.41, 5.74) is -0.0673. The zero-order valence-electron chi connectivity index (χ0n) is 9.25. The minimum absolute atomic E-state index is 0.0673. The van der Waals surface area contributed by atoms with E-state index in [-0.39, 0.29) is 5.56 Å². The van der Waals surface area contributed by atoms with Gasteiger partial charge in [-0.15, -0.1) is 0 Å². The van der Waals surface area contributed by atoms with Crippen LogP contribution in [-0.4, -0.2) is 22.6 Å². The molecule has 1 atom stereocenters. The van der Waals surface area contributed by atoms with Gasteiger partial charge in [0.05, 0.1) is 6.33 Å². The third-order valence-corrected chi connectivity index (χ3v) is 3.49. The summed E-state index contributed by atoms with van der Waals surface area (Å²) in [5.74, 6) is 0.788. The number of H-pyrrole nitrogens is 1. The van der Waals surface area contributed by atoms with E-state index in [9.17, 15) is 4.79 Å². The monoisotopic (exact) mass is 321 g/mol. The molecular weight excluding hydrogens is 305 g/mol. The maximum absolute atomic E-state index is 11.4. The molecule has 0 aliphatic carbocycles. The van der Waals surface area contributed by atoms with Crippen LogP contribution in [0.5, 0.6) is 0 Å². The molecular formula is C10H16IN3O. The lowest BCUT2D eigenvalue weighted by Gasteiger charge is -2.28. The number of nitrogens with one attached hydrogen (secondary N) is 1. The third-order valence-electron chi connectivity index (χ3n) is 2.51. The van der Waals surface area contributed by atoms with Gasteiger partial charge >= 0.3 is 0 Å². The fourth-order valence-electron chi connectivity index (χ4n) is 1.46. The summed E-state index contributed by atoms with van der Waals surface area (Å²) >= 11 is 2.05. The second-order valence-electron chi connectivity index (χ2n) is 3.41. The molecule has 0 radical (unpaired) electrons. The van der Waals surface area contributed by atoms with Gasteiger partial charge in [-0.2, -0.15) is 0 Å². The van der Waals surface area contributed by atoms with E-state index in [0.717, 1.165) is 18.8 Å². The number of hydrogen-bond acceptors (Lipinski definition) is 3. The topological polar surface area (TPSA) is 49.0 Å². The number of anilines is 1. The second-order valence-corrected chi connectivity index (χ2v) is 4.49. The minimum atomic E-state index is -0.0673. The summed E-state index contributed by atoms with van der Waals surface area (Å²) in [4.78, 5) is 20.4. The molecule has 0 aliphatic rings. The van der Waals surface area contributed by atoms with Gasteiger partial charge in [0.15, 0.2) is 0 Å². The Hall–Kier alpha value is -0.590. The van der Waals surface area contributed by atoms with Crippen molar-refractivity contribution in [3.63, 3.8) is 0 Å². The molecule has 84 valence electrons. The minimum Gasteiger partial charge on any atom is -0.353 e. The quantitative estimate of drug-likeness (QED) is 0.863. The van der Waals surface area contributed by atoms with E-state index < -0.39 is 0 Å². The fraction of sp³-hybridized carbons (Fsp3) is 0.600. The number of halogens is 1. The summed E-state index contributed by atoms with van der Waals surface area (Å²) in [5, 5.41) is 0. The van der Waals surface area contributed by atoms with Gasteiger partial charge in [0.1, 0.15) is 9.39 Å². The van der Waals surface area contributed by atoms with E-state index in [1.165, 1.54) is 6.33 Å². The van der Waals surface area contributed by atoms with E-state index in [4.69, 9.17) is 0 Å². The number of hydrogen-bond donors (Lipinski definition) is 1. The highest BCUT2D eigenvalue weighted by molar-refractivity contribution is 14.1. The molecule has 15 heavy (non-hydrogen) atoms. The van der Waals surface area contributed by atoms with Crippen LogP contribution in [0.3, 0.4) is 0 Å². The Morgan fingerprint density at radius 2 is 2.27 bits per heavy atom. The molecule has 0 spiro atoms. The zero-order valence-corrected chi connectivity index (χ0v) is 11.4. The third kappa shape index (κ3) is 2.70. The molecule has 0 saturated carbocycles. The molecule has 0 fully saturated rings. The molecule has 0 bridgehead atoms. The van der Waals surface area contributed by atoms with Gasteiger partial charge in [0, 0.05) is 12.6 Å². The van der Waals surface area contributed by atoms with Gasteiger partial charge in [-0.25, -0.2) is 4.98 Å². The van der Waals surface area contributed by atoms with Crippen molar-refractivity contribution >= 4 is 28.4 Å². The van der Waals surface area contributed by atoms with E-state index in [1.807, 2.05) is 22.6 Å². The van der Waals surface area contributed by atoms with Crippen molar-refractivity contribution in [1.82, 2.24) is 9.97 Å². The van der Waals surface area contributed by atoms with E-state index in [0.29, 0.717) is 9.61 Å². The predicted octanol–water partition coefficient (Wildman–Crippen LogP) is 2.00. The standard InChI is InChI=1S/C10H16IN3O/c1-4-7(3)14(5-2)9-8(11)10(15)13-6-12-9/h6-7H,4-5H2,1-3H3,(H,12,13,15). The van der Waals surface area contributed by atoms with Crippen LogP contribution < -0.4 is 10.5 Å². The molecule has 1 aromatic rings. The van der Waals surface area contributed by atoms with Crippen LogP contribution in [0.1, 0.15) is 27.2 Å². The Bertz CT molecular complexity index is 377. The van der Waals surface area contributed by atoms with Crippen molar-refractivity contribution < 1.29 is 0 Å². The molecule has 4 nitrogen and oxygen atoms in total. The van der Waals surface area contributed by atoms with Gasteiger partial charge < -0.3 is 9.88 Å². The molecule has 1 rings (SSSR count). The Kier molecular flexibility index (Phi) is 4.56. The Morgan fingerprint density at radius 1 is 1.60 bits per heavy atom. The van der Waals surface area contributed by atoms with Crippen molar-refractivity contribution in [3.05, 3.63) is 20.3 Å². The van der Waals surface area contributed by atoms with Crippen LogP contribution in [0.2, 0.25) is 0 Å². The van der Waals surface area contributed by atoms with Crippen molar-refractivity contribution in [2.24, 2.45) is 0 Å². The lowest BCUT2D eigenvalue weighted by Crippen LogP contribution is -2.35. The highest BCUT2D eigenvalue weighted by Crippen LogP contribution is 2.18. The van der Waals surface area contributed by atoms with Crippen LogP contribution in [0, 0.1) is 3.57 Å². The lowest BCUT2D eigenvalue weighted by molar-refractivity contribution is 0.620. The van der Waals surface area contributed by atoms with Crippen LogP contribution in [-0.2, 0) is 0 Å². The first-order valence-corrected chi connectivity index (χ1v) is 6.19. The van der Waals surface area contributed by atoms with Crippen molar-refractivity contribution in [2.75, 3.05) is 11.4 Å². The maximum atomic E-state index is 11.4. The summed E-state index contributed by atoms with van der Waals surface area (Å²) in [6.07, 6.45) is 2.50. The van der Waals surface area contributed by atoms with Crippen LogP contribution >= 0.6 is 22.6 Å². The average molecular weight is 321 g/mol. The highest BCUT2D eigenvalue weighted by atomic mass is 127. The molecule has 1 heterocycles. The van der Waals surface area contributed by atoms with Gasteiger partial charge in [-0.1, -0.05) is 6.92 Å². The summed E-state index contributed by atoms with van der Waals surface area (Å²) in [7, 11) is 0. The summed E-state index contributed by atoms with van der Waals surface area (Å²) in [6.45, 7) is 7.21. The molecule has 5 heteroatoms. The average Bonchev–Trinajstić information content (AvgIpc) is 2.24. The SMILES string of the molecule is CCC(C)N(CC)c1nc[nH]c(=O)c1I. The van der Waals surface area contributed by atoms with Crippen LogP contribution in [0.15, 0.2) is 11.1 Å². The second kappa shape index (κ2) is 5.48.